The van der Waals surface area contributed by atoms with Gasteiger partial charge in [0.2, 0.25) is 5.91 Å². The Bertz CT molecular complexity index is 477. The summed E-state index contributed by atoms with van der Waals surface area (Å²) in [5, 5.41) is 2.78. The molecule has 21 heavy (non-hydrogen) atoms. The Labute approximate surface area is 121 Å². The van der Waals surface area contributed by atoms with Gasteiger partial charge in [-0.15, -0.1) is 0 Å². The molecule has 1 saturated carbocycles. The molecule has 1 aromatic carbocycles. The molecule has 0 saturated heterocycles. The molecule has 2 rings (SSSR count). The maximum absolute atomic E-state index is 12.6. The van der Waals surface area contributed by atoms with Crippen molar-refractivity contribution in [3.8, 4) is 0 Å². The molecular weight excluding hydrogens is 281 g/mol. The average molecular weight is 300 g/mol. The lowest BCUT2D eigenvalue weighted by Crippen LogP contribution is -2.35. The average Bonchev–Trinajstić information content (AvgIpc) is 2.45. The number of hydrogen-bond acceptors (Lipinski definition) is 2. The molecule has 116 valence electrons. The van der Waals surface area contributed by atoms with Crippen molar-refractivity contribution in [2.75, 3.05) is 5.73 Å². The fraction of sp³-hybridized carbons (Fsp3) is 0.533. The zero-order valence-electron chi connectivity index (χ0n) is 11.6. The molecule has 0 radical (unpaired) electrons. The molecule has 3 nitrogen and oxygen atoms in total. The SMILES string of the molecule is Nc1ccc(CNC(=O)C2CCC(C(F)(F)F)CC2)cc1. The van der Waals surface area contributed by atoms with Crippen molar-refractivity contribution >= 4 is 11.6 Å². The summed E-state index contributed by atoms with van der Waals surface area (Å²) < 4.78 is 37.7. The third-order valence-electron chi connectivity index (χ3n) is 4.01. The summed E-state index contributed by atoms with van der Waals surface area (Å²) in [4.78, 5) is 12.0. The predicted molar refractivity (Wildman–Crippen MR) is 74.2 cm³/mol. The minimum Gasteiger partial charge on any atom is -0.399 e. The van der Waals surface area contributed by atoms with Gasteiger partial charge in [-0.3, -0.25) is 4.79 Å². The Morgan fingerprint density at radius 1 is 1.14 bits per heavy atom. The number of rotatable bonds is 3. The summed E-state index contributed by atoms with van der Waals surface area (Å²) in [6, 6.07) is 7.12. The van der Waals surface area contributed by atoms with Crippen molar-refractivity contribution in [2.24, 2.45) is 11.8 Å². The molecular formula is C15H19F3N2O. The summed E-state index contributed by atoms with van der Waals surface area (Å²) in [6.45, 7) is 0.373. The second kappa shape index (κ2) is 6.37. The lowest BCUT2D eigenvalue weighted by molar-refractivity contribution is -0.184. The number of alkyl halides is 3. The molecule has 0 aromatic heterocycles. The number of benzene rings is 1. The summed E-state index contributed by atoms with van der Waals surface area (Å²) in [5.41, 5.74) is 7.14. The molecule has 1 aliphatic rings. The van der Waals surface area contributed by atoms with Crippen LogP contribution >= 0.6 is 0 Å². The van der Waals surface area contributed by atoms with Gasteiger partial charge in [-0.25, -0.2) is 0 Å². The number of carbonyl (C=O) groups excluding carboxylic acids is 1. The zero-order valence-corrected chi connectivity index (χ0v) is 11.6. The molecule has 6 heteroatoms. The zero-order chi connectivity index (χ0) is 15.5. The van der Waals surface area contributed by atoms with Crippen LogP contribution in [-0.4, -0.2) is 12.1 Å². The van der Waals surface area contributed by atoms with E-state index in [1.54, 1.807) is 12.1 Å². The third kappa shape index (κ3) is 4.37. The molecule has 0 bridgehead atoms. The molecule has 0 spiro atoms. The van der Waals surface area contributed by atoms with E-state index in [-0.39, 0.29) is 24.7 Å². The molecule has 0 aliphatic heterocycles. The van der Waals surface area contributed by atoms with E-state index >= 15 is 0 Å². The lowest BCUT2D eigenvalue weighted by Gasteiger charge is -2.29. The molecule has 0 unspecified atom stereocenters. The van der Waals surface area contributed by atoms with Gasteiger partial charge < -0.3 is 11.1 Å². The van der Waals surface area contributed by atoms with Crippen LogP contribution in [0.5, 0.6) is 0 Å². The monoisotopic (exact) mass is 300 g/mol. The van der Waals surface area contributed by atoms with Crippen molar-refractivity contribution in [2.45, 2.75) is 38.4 Å². The quantitative estimate of drug-likeness (QED) is 0.842. The van der Waals surface area contributed by atoms with Crippen LogP contribution in [0.2, 0.25) is 0 Å². The largest absolute Gasteiger partial charge is 0.399 e. The number of nitrogen functional groups attached to an aromatic ring is 1. The summed E-state index contributed by atoms with van der Waals surface area (Å²) in [7, 11) is 0. The maximum atomic E-state index is 12.6. The van der Waals surface area contributed by atoms with Crippen molar-refractivity contribution in [3.05, 3.63) is 29.8 Å². The van der Waals surface area contributed by atoms with Gasteiger partial charge in [-0.2, -0.15) is 13.2 Å². The van der Waals surface area contributed by atoms with Crippen LogP contribution in [0.1, 0.15) is 31.2 Å². The number of hydrogen-bond donors (Lipinski definition) is 2. The highest BCUT2D eigenvalue weighted by molar-refractivity contribution is 5.78. The molecule has 3 N–H and O–H groups in total. The van der Waals surface area contributed by atoms with Crippen LogP contribution in [-0.2, 0) is 11.3 Å². The highest BCUT2D eigenvalue weighted by Crippen LogP contribution is 2.39. The van der Waals surface area contributed by atoms with Gasteiger partial charge in [0.05, 0.1) is 5.92 Å². The number of halogens is 3. The third-order valence-corrected chi connectivity index (χ3v) is 4.01. The van der Waals surface area contributed by atoms with Crippen molar-refractivity contribution in [1.29, 1.82) is 0 Å². The predicted octanol–water partition coefficient (Wildman–Crippen LogP) is 3.25. The minimum absolute atomic E-state index is 0.0451. The van der Waals surface area contributed by atoms with Gasteiger partial charge in [-0.1, -0.05) is 12.1 Å². The van der Waals surface area contributed by atoms with Crippen LogP contribution in [0.25, 0.3) is 0 Å². The molecule has 1 fully saturated rings. The van der Waals surface area contributed by atoms with Crippen LogP contribution in [0.4, 0.5) is 18.9 Å². The van der Waals surface area contributed by atoms with Gasteiger partial charge >= 0.3 is 6.18 Å². The van der Waals surface area contributed by atoms with Crippen molar-refractivity contribution < 1.29 is 18.0 Å². The number of nitrogens with one attached hydrogen (secondary N) is 1. The van der Waals surface area contributed by atoms with Crippen LogP contribution in [0.3, 0.4) is 0 Å². The van der Waals surface area contributed by atoms with E-state index in [9.17, 15) is 18.0 Å². The highest BCUT2D eigenvalue weighted by atomic mass is 19.4. The second-order valence-electron chi connectivity index (χ2n) is 5.55. The second-order valence-corrected chi connectivity index (χ2v) is 5.55. The van der Waals surface area contributed by atoms with E-state index in [2.05, 4.69) is 5.32 Å². The number of nitrogens with two attached hydrogens (primary N) is 1. The first-order valence-electron chi connectivity index (χ1n) is 7.05. The Balaban J connectivity index is 1.78. The Hall–Kier alpha value is -1.72. The Kier molecular flexibility index (Phi) is 4.75. The Morgan fingerprint density at radius 3 is 2.24 bits per heavy atom. The molecule has 0 heterocycles. The van der Waals surface area contributed by atoms with Gasteiger partial charge in [0.15, 0.2) is 0 Å². The fourth-order valence-corrected chi connectivity index (χ4v) is 2.65. The summed E-state index contributed by atoms with van der Waals surface area (Å²) >= 11 is 0. The first kappa shape index (κ1) is 15.7. The topological polar surface area (TPSA) is 55.1 Å². The smallest absolute Gasteiger partial charge is 0.391 e. The standard InChI is InChI=1S/C15H19F3N2O/c16-15(17,18)12-5-3-11(4-6-12)14(21)20-9-10-1-7-13(19)8-2-10/h1-2,7-8,11-12H,3-6,9,19H2,(H,20,21). The Morgan fingerprint density at radius 2 is 1.71 bits per heavy atom. The number of anilines is 1. The van der Waals surface area contributed by atoms with E-state index in [0.717, 1.165) is 5.56 Å². The van der Waals surface area contributed by atoms with E-state index in [1.165, 1.54) is 0 Å². The van der Waals surface area contributed by atoms with Crippen molar-refractivity contribution in [1.82, 2.24) is 5.32 Å². The van der Waals surface area contributed by atoms with Gasteiger partial charge in [0.1, 0.15) is 0 Å². The van der Waals surface area contributed by atoms with E-state index in [0.29, 0.717) is 25.1 Å². The van der Waals surface area contributed by atoms with Crippen LogP contribution in [0.15, 0.2) is 24.3 Å². The van der Waals surface area contributed by atoms with Crippen LogP contribution < -0.4 is 11.1 Å². The number of amides is 1. The molecule has 1 aromatic rings. The number of carbonyl (C=O) groups is 1. The van der Waals surface area contributed by atoms with E-state index < -0.39 is 12.1 Å². The van der Waals surface area contributed by atoms with Gasteiger partial charge in [-0.05, 0) is 43.4 Å². The van der Waals surface area contributed by atoms with Crippen LogP contribution in [0, 0.1) is 11.8 Å². The summed E-state index contributed by atoms with van der Waals surface area (Å²) in [6.07, 6.45) is -3.44. The van der Waals surface area contributed by atoms with E-state index in [4.69, 9.17) is 5.73 Å². The minimum atomic E-state index is -4.13. The lowest BCUT2D eigenvalue weighted by atomic mass is 9.81. The summed E-state index contributed by atoms with van der Waals surface area (Å²) in [5.74, 6) is -1.72. The van der Waals surface area contributed by atoms with Gasteiger partial charge in [0.25, 0.3) is 0 Å². The molecule has 1 amide bonds. The maximum Gasteiger partial charge on any atom is 0.391 e. The van der Waals surface area contributed by atoms with E-state index in [1.807, 2.05) is 12.1 Å². The van der Waals surface area contributed by atoms with Gasteiger partial charge in [0, 0.05) is 18.2 Å². The highest BCUT2D eigenvalue weighted by Gasteiger charge is 2.42. The fourth-order valence-electron chi connectivity index (χ4n) is 2.65. The van der Waals surface area contributed by atoms with Crippen molar-refractivity contribution in [3.63, 3.8) is 0 Å². The molecule has 1 aliphatic carbocycles. The first-order valence-corrected chi connectivity index (χ1v) is 7.05. The molecule has 0 atom stereocenters. The normalized spacial score (nSPS) is 22.8. The first-order chi connectivity index (χ1) is 9.86.